The lowest BCUT2D eigenvalue weighted by Crippen LogP contribution is -2.13. The Morgan fingerprint density at radius 1 is 1.03 bits per heavy atom. The van der Waals surface area contributed by atoms with Gasteiger partial charge in [0, 0.05) is 34.4 Å². The van der Waals surface area contributed by atoms with Crippen LogP contribution in [0.15, 0.2) is 90.1 Å². The van der Waals surface area contributed by atoms with Crippen molar-refractivity contribution in [2.45, 2.75) is 17.6 Å². The SMILES string of the molecule is Cc1cc(C(=O)Nc2ccc(SCc3cccnc3)cc2)nn1-c1ccccc1. The number of anilines is 1. The third-order valence-electron chi connectivity index (χ3n) is 4.36. The first-order chi connectivity index (χ1) is 14.2. The smallest absolute Gasteiger partial charge is 0.276 e. The number of rotatable bonds is 6. The fourth-order valence-electron chi connectivity index (χ4n) is 2.90. The molecule has 2 aromatic carbocycles. The van der Waals surface area contributed by atoms with E-state index in [0.29, 0.717) is 5.69 Å². The number of thioether (sulfide) groups is 1. The monoisotopic (exact) mass is 400 g/mol. The number of benzene rings is 2. The molecule has 0 fully saturated rings. The van der Waals surface area contributed by atoms with E-state index in [1.807, 2.05) is 73.8 Å². The van der Waals surface area contributed by atoms with Crippen LogP contribution in [0.2, 0.25) is 0 Å². The highest BCUT2D eigenvalue weighted by atomic mass is 32.2. The minimum Gasteiger partial charge on any atom is -0.321 e. The molecule has 0 bridgehead atoms. The number of aromatic nitrogens is 3. The molecule has 29 heavy (non-hydrogen) atoms. The molecule has 1 amide bonds. The lowest BCUT2D eigenvalue weighted by molar-refractivity contribution is 0.102. The fourth-order valence-corrected chi connectivity index (χ4v) is 3.73. The second-order valence-corrected chi connectivity index (χ2v) is 7.60. The molecule has 2 heterocycles. The van der Waals surface area contributed by atoms with Gasteiger partial charge in [0.25, 0.3) is 5.91 Å². The van der Waals surface area contributed by atoms with Crippen LogP contribution < -0.4 is 5.32 Å². The van der Waals surface area contributed by atoms with Crippen LogP contribution in [0.3, 0.4) is 0 Å². The average Bonchev–Trinajstić information content (AvgIpc) is 3.16. The van der Waals surface area contributed by atoms with Gasteiger partial charge in [0.05, 0.1) is 5.69 Å². The number of carbonyl (C=O) groups excluding carboxylic acids is 1. The molecule has 0 saturated carbocycles. The van der Waals surface area contributed by atoms with Crippen molar-refractivity contribution in [3.63, 3.8) is 0 Å². The van der Waals surface area contributed by atoms with Crippen LogP contribution in [-0.2, 0) is 5.75 Å². The first-order valence-electron chi connectivity index (χ1n) is 9.24. The summed E-state index contributed by atoms with van der Waals surface area (Å²) in [5, 5.41) is 7.37. The van der Waals surface area contributed by atoms with Gasteiger partial charge in [-0.2, -0.15) is 5.10 Å². The molecule has 0 unspecified atom stereocenters. The van der Waals surface area contributed by atoms with E-state index in [2.05, 4.69) is 21.5 Å². The predicted octanol–water partition coefficient (Wildman–Crippen LogP) is 5.12. The quantitative estimate of drug-likeness (QED) is 0.456. The average molecular weight is 401 g/mol. The molecule has 2 aromatic heterocycles. The van der Waals surface area contributed by atoms with Gasteiger partial charge in [-0.25, -0.2) is 4.68 Å². The minimum absolute atomic E-state index is 0.224. The summed E-state index contributed by atoms with van der Waals surface area (Å²) in [7, 11) is 0. The summed E-state index contributed by atoms with van der Waals surface area (Å²) in [6.07, 6.45) is 3.65. The number of pyridine rings is 1. The van der Waals surface area contributed by atoms with Crippen LogP contribution >= 0.6 is 11.8 Å². The Bertz CT molecular complexity index is 1090. The third-order valence-corrected chi connectivity index (χ3v) is 5.44. The molecular formula is C23H20N4OS. The summed E-state index contributed by atoms with van der Waals surface area (Å²) in [5.74, 6) is 0.633. The van der Waals surface area contributed by atoms with Crippen molar-refractivity contribution < 1.29 is 4.79 Å². The van der Waals surface area contributed by atoms with E-state index in [1.54, 1.807) is 28.7 Å². The van der Waals surface area contributed by atoms with Gasteiger partial charge >= 0.3 is 0 Å². The zero-order valence-electron chi connectivity index (χ0n) is 15.9. The molecule has 0 aliphatic heterocycles. The summed E-state index contributed by atoms with van der Waals surface area (Å²) < 4.78 is 1.77. The van der Waals surface area contributed by atoms with E-state index in [9.17, 15) is 4.79 Å². The summed E-state index contributed by atoms with van der Waals surface area (Å²) >= 11 is 1.73. The van der Waals surface area contributed by atoms with Gasteiger partial charge in [0.15, 0.2) is 5.69 Å². The van der Waals surface area contributed by atoms with Crippen LogP contribution in [-0.4, -0.2) is 20.7 Å². The molecule has 4 aromatic rings. The maximum atomic E-state index is 12.6. The molecule has 5 nitrogen and oxygen atoms in total. The van der Waals surface area contributed by atoms with E-state index >= 15 is 0 Å². The van der Waals surface area contributed by atoms with Gasteiger partial charge in [-0.05, 0) is 61.0 Å². The third kappa shape index (κ3) is 4.73. The van der Waals surface area contributed by atoms with Crippen LogP contribution in [0, 0.1) is 6.92 Å². The maximum Gasteiger partial charge on any atom is 0.276 e. The molecule has 144 valence electrons. The molecule has 0 saturated heterocycles. The molecule has 0 aliphatic carbocycles. The van der Waals surface area contributed by atoms with Gasteiger partial charge in [-0.15, -0.1) is 11.8 Å². The number of amides is 1. The highest BCUT2D eigenvalue weighted by molar-refractivity contribution is 7.98. The van der Waals surface area contributed by atoms with Crippen molar-refractivity contribution in [2.75, 3.05) is 5.32 Å². The fraction of sp³-hybridized carbons (Fsp3) is 0.0870. The van der Waals surface area contributed by atoms with Crippen molar-refractivity contribution in [2.24, 2.45) is 0 Å². The Hall–Kier alpha value is -3.38. The second kappa shape index (κ2) is 8.75. The minimum atomic E-state index is -0.224. The van der Waals surface area contributed by atoms with Crippen molar-refractivity contribution >= 4 is 23.4 Å². The first-order valence-corrected chi connectivity index (χ1v) is 10.2. The molecule has 0 atom stereocenters. The molecule has 0 aliphatic rings. The summed E-state index contributed by atoms with van der Waals surface area (Å²) in [4.78, 5) is 17.9. The molecule has 6 heteroatoms. The van der Waals surface area contributed by atoms with Crippen LogP contribution in [0.5, 0.6) is 0 Å². The summed E-state index contributed by atoms with van der Waals surface area (Å²) in [6, 6.07) is 23.4. The lowest BCUT2D eigenvalue weighted by atomic mass is 10.3. The standard InChI is InChI=1S/C23H20N4OS/c1-17-14-22(26-27(17)20-7-3-2-4-8-20)23(28)25-19-9-11-21(12-10-19)29-16-18-6-5-13-24-15-18/h2-15H,16H2,1H3,(H,25,28). The van der Waals surface area contributed by atoms with Gasteiger partial charge in [-0.1, -0.05) is 24.3 Å². The van der Waals surface area contributed by atoms with Gasteiger partial charge < -0.3 is 5.32 Å². The number of aryl methyl sites for hydroxylation is 1. The molecule has 0 radical (unpaired) electrons. The summed E-state index contributed by atoms with van der Waals surface area (Å²) in [6.45, 7) is 1.94. The van der Waals surface area contributed by atoms with Crippen LogP contribution in [0.25, 0.3) is 5.69 Å². The van der Waals surface area contributed by atoms with Crippen molar-refractivity contribution in [1.82, 2.24) is 14.8 Å². The lowest BCUT2D eigenvalue weighted by Gasteiger charge is -2.06. The number of carbonyl (C=O) groups is 1. The largest absolute Gasteiger partial charge is 0.321 e. The number of hydrogen-bond acceptors (Lipinski definition) is 4. The Labute approximate surface area is 173 Å². The molecule has 1 N–H and O–H groups in total. The Kier molecular flexibility index (Phi) is 5.72. The van der Waals surface area contributed by atoms with Crippen molar-refractivity contribution in [1.29, 1.82) is 0 Å². The van der Waals surface area contributed by atoms with Gasteiger partial charge in [0.2, 0.25) is 0 Å². The van der Waals surface area contributed by atoms with E-state index in [-0.39, 0.29) is 5.91 Å². The van der Waals surface area contributed by atoms with E-state index in [4.69, 9.17) is 0 Å². The normalized spacial score (nSPS) is 10.7. The first kappa shape index (κ1) is 19.0. The Balaban J connectivity index is 1.40. The van der Waals surface area contributed by atoms with E-state index in [0.717, 1.165) is 27.7 Å². The number of nitrogens with one attached hydrogen (secondary N) is 1. The topological polar surface area (TPSA) is 59.8 Å². The van der Waals surface area contributed by atoms with Gasteiger partial charge in [0.1, 0.15) is 0 Å². The Morgan fingerprint density at radius 2 is 1.83 bits per heavy atom. The van der Waals surface area contributed by atoms with E-state index < -0.39 is 0 Å². The van der Waals surface area contributed by atoms with Crippen LogP contribution in [0.1, 0.15) is 21.7 Å². The van der Waals surface area contributed by atoms with E-state index in [1.165, 1.54) is 5.56 Å². The number of para-hydroxylation sites is 1. The zero-order valence-corrected chi connectivity index (χ0v) is 16.8. The molecular weight excluding hydrogens is 380 g/mol. The predicted molar refractivity (Wildman–Crippen MR) is 116 cm³/mol. The second-order valence-electron chi connectivity index (χ2n) is 6.55. The summed E-state index contributed by atoms with van der Waals surface area (Å²) in [5.41, 5.74) is 4.15. The highest BCUT2D eigenvalue weighted by Gasteiger charge is 2.13. The van der Waals surface area contributed by atoms with Gasteiger partial charge in [-0.3, -0.25) is 9.78 Å². The van der Waals surface area contributed by atoms with Crippen molar-refractivity contribution in [3.8, 4) is 5.69 Å². The number of nitrogens with zero attached hydrogens (tertiary/aromatic N) is 3. The zero-order chi connectivity index (χ0) is 20.1. The number of hydrogen-bond donors (Lipinski definition) is 1. The molecule has 4 rings (SSSR count). The van der Waals surface area contributed by atoms with Crippen molar-refractivity contribution in [3.05, 3.63) is 102 Å². The van der Waals surface area contributed by atoms with Crippen LogP contribution in [0.4, 0.5) is 5.69 Å². The molecule has 0 spiro atoms. The maximum absolute atomic E-state index is 12.6. The highest BCUT2D eigenvalue weighted by Crippen LogP contribution is 2.24. The Morgan fingerprint density at radius 3 is 2.55 bits per heavy atom.